The fourth-order valence-electron chi connectivity index (χ4n) is 6.19. The average molecular weight is 727 g/mol. The van der Waals surface area contributed by atoms with Crippen LogP contribution in [0.4, 0.5) is 0 Å². The van der Waals surface area contributed by atoms with Gasteiger partial charge in [0.25, 0.3) is 0 Å². The lowest BCUT2D eigenvalue weighted by Crippen LogP contribution is -2.08. The lowest BCUT2D eigenvalue weighted by Gasteiger charge is -2.22. The van der Waals surface area contributed by atoms with Crippen LogP contribution in [0.2, 0.25) is 0 Å². The highest BCUT2D eigenvalue weighted by Crippen LogP contribution is 2.27. The molecule has 0 spiro atoms. The first kappa shape index (κ1) is 48.1. The Morgan fingerprint density at radius 1 is 0.259 bits per heavy atom. The summed E-state index contributed by atoms with van der Waals surface area (Å²) >= 11 is 0. The summed E-state index contributed by atoms with van der Waals surface area (Å²) in [5.74, 6) is 2.04. The highest BCUT2D eigenvalue weighted by molar-refractivity contribution is 5.38. The molecule has 0 bridgehead atoms. The van der Waals surface area contributed by atoms with Gasteiger partial charge in [0.05, 0.1) is 0 Å². The van der Waals surface area contributed by atoms with Crippen LogP contribution in [-0.4, -0.2) is 0 Å². The van der Waals surface area contributed by atoms with E-state index in [4.69, 9.17) is 0 Å². The Bertz CT molecular complexity index is 1690. The third-order valence-corrected chi connectivity index (χ3v) is 11.2. The molecule has 5 aromatic rings. The molecule has 1 aliphatic carbocycles. The van der Waals surface area contributed by atoms with Crippen molar-refractivity contribution in [1.82, 2.24) is 0 Å². The van der Waals surface area contributed by atoms with Crippen molar-refractivity contribution in [2.75, 3.05) is 0 Å². The maximum Gasteiger partial charge on any atom is -0.0392 e. The van der Waals surface area contributed by atoms with Crippen molar-refractivity contribution >= 4 is 0 Å². The van der Waals surface area contributed by atoms with E-state index >= 15 is 0 Å². The van der Waals surface area contributed by atoms with Gasteiger partial charge in [-0.05, 0) is 184 Å². The molecule has 5 aromatic carbocycles. The summed E-state index contributed by atoms with van der Waals surface area (Å²) in [6.45, 7) is 39.0. The minimum absolute atomic E-state index is 1.02. The summed E-state index contributed by atoms with van der Waals surface area (Å²) in [7, 11) is 0. The van der Waals surface area contributed by atoms with Crippen LogP contribution in [0.1, 0.15) is 129 Å². The Morgan fingerprint density at radius 3 is 0.796 bits per heavy atom. The Morgan fingerprint density at radius 2 is 0.519 bits per heavy atom. The normalized spacial score (nSPS) is 14.2. The molecule has 0 aliphatic heterocycles. The van der Waals surface area contributed by atoms with Crippen LogP contribution in [-0.2, 0) is 0 Å². The molecule has 1 fully saturated rings. The van der Waals surface area contributed by atoms with Gasteiger partial charge in [0, 0.05) is 0 Å². The van der Waals surface area contributed by atoms with Crippen molar-refractivity contribution in [3.63, 3.8) is 0 Å². The average Bonchev–Trinajstić information content (AvgIpc) is 3.12. The van der Waals surface area contributed by atoms with Gasteiger partial charge >= 0.3 is 0 Å². The maximum absolute atomic E-state index is 2.37. The zero-order valence-corrected chi connectivity index (χ0v) is 38.1. The molecule has 0 radical (unpaired) electrons. The van der Waals surface area contributed by atoms with Gasteiger partial charge in [0.15, 0.2) is 0 Å². The number of hydrogen-bond donors (Lipinski definition) is 0. The van der Waals surface area contributed by atoms with Crippen LogP contribution in [0.25, 0.3) is 0 Å². The van der Waals surface area contributed by atoms with Gasteiger partial charge < -0.3 is 0 Å². The number of benzene rings is 5. The minimum atomic E-state index is 1.02. The topological polar surface area (TPSA) is 0 Å². The van der Waals surface area contributed by atoms with Gasteiger partial charge in [0.2, 0.25) is 0 Å². The van der Waals surface area contributed by atoms with Crippen LogP contribution < -0.4 is 0 Å². The smallest absolute Gasteiger partial charge is 0.0392 e. The van der Waals surface area contributed by atoms with E-state index in [1.807, 2.05) is 0 Å². The standard InChI is InChI=1S/2C10H14.2C9H12.C8H16.C8H10/c1-7-5-8(2)10(4)9(3)6-7;1-7-5-6-8(2)10(4)9(7)3;2*1-7-4-5-8(2)9(3)6-7;2*1-7-3-5-8(2)6-4-7/h2*5-6H,1-4H3;2*4-6H,1-3H3;7-8H,3-6H2,1-2H3;3-6H,1-2H3. The van der Waals surface area contributed by atoms with Crippen molar-refractivity contribution in [3.8, 4) is 0 Å². The van der Waals surface area contributed by atoms with Crippen LogP contribution in [0.5, 0.6) is 0 Å². The first-order valence-electron chi connectivity index (χ1n) is 20.4. The van der Waals surface area contributed by atoms with Crippen LogP contribution >= 0.6 is 0 Å². The number of aryl methyl sites for hydroxylation is 13. The first-order valence-corrected chi connectivity index (χ1v) is 20.4. The van der Waals surface area contributed by atoms with Gasteiger partial charge in [-0.1, -0.05) is 152 Å². The molecule has 0 heterocycles. The summed E-state index contributed by atoms with van der Waals surface area (Å²) < 4.78 is 0. The highest BCUT2D eigenvalue weighted by atomic mass is 14.2. The molecular weight excluding hydrogens is 649 g/mol. The molecule has 0 N–H and O–H groups in total. The molecule has 0 heteroatoms. The van der Waals surface area contributed by atoms with Gasteiger partial charge in [-0.2, -0.15) is 0 Å². The lowest BCUT2D eigenvalue weighted by molar-refractivity contribution is 0.308. The quantitative estimate of drug-likeness (QED) is 0.149. The van der Waals surface area contributed by atoms with Crippen LogP contribution in [0.15, 0.2) is 84.9 Å². The summed E-state index contributed by atoms with van der Waals surface area (Å²) in [6.07, 6.45) is 5.89. The predicted octanol–water partition coefficient (Wildman–Crippen LogP) is 16.2. The molecule has 0 aromatic heterocycles. The Labute approximate surface area is 334 Å². The summed E-state index contributed by atoms with van der Waals surface area (Å²) in [5, 5.41) is 0. The molecule has 0 unspecified atom stereocenters. The van der Waals surface area contributed by atoms with E-state index in [1.165, 1.54) is 115 Å². The molecule has 6 rings (SSSR count). The Balaban J connectivity index is 0.000000325. The summed E-state index contributed by atoms with van der Waals surface area (Å²) in [5.41, 5.74) is 22.1. The van der Waals surface area contributed by atoms with E-state index in [0.717, 1.165) is 11.8 Å². The van der Waals surface area contributed by atoms with E-state index in [-0.39, 0.29) is 0 Å². The van der Waals surface area contributed by atoms with Crippen molar-refractivity contribution in [2.45, 2.75) is 150 Å². The molecular formula is C54H78. The zero-order valence-electron chi connectivity index (χ0n) is 38.1. The molecule has 0 amide bonds. The first-order chi connectivity index (χ1) is 25.2. The second-order valence-corrected chi connectivity index (χ2v) is 16.7. The Hall–Kier alpha value is -3.90. The van der Waals surface area contributed by atoms with Crippen LogP contribution in [0.3, 0.4) is 0 Å². The third-order valence-electron chi connectivity index (χ3n) is 11.2. The Kier molecular flexibility index (Phi) is 21.8. The highest BCUT2D eigenvalue weighted by Gasteiger charge is 2.13. The van der Waals surface area contributed by atoms with Gasteiger partial charge in [-0.15, -0.1) is 0 Å². The number of hydrogen-bond acceptors (Lipinski definition) is 0. The molecule has 1 aliphatic rings. The molecule has 54 heavy (non-hydrogen) atoms. The SMILES string of the molecule is CC1CCC(C)CC1.Cc1cc(C)c(C)c(C)c1.Cc1ccc(C)c(C)c1.Cc1ccc(C)c(C)c1.Cc1ccc(C)c(C)c1C.Cc1ccc(C)cc1. The fourth-order valence-corrected chi connectivity index (χ4v) is 6.19. The monoisotopic (exact) mass is 727 g/mol. The molecule has 294 valence electrons. The zero-order chi connectivity index (χ0) is 41.1. The molecule has 1 saturated carbocycles. The van der Waals surface area contributed by atoms with Crippen LogP contribution in [0, 0.1) is 123 Å². The fraction of sp³-hybridized carbons (Fsp3) is 0.444. The summed E-state index contributed by atoms with van der Waals surface area (Å²) in [4.78, 5) is 0. The van der Waals surface area contributed by atoms with Crippen molar-refractivity contribution in [2.24, 2.45) is 11.8 Å². The van der Waals surface area contributed by atoms with Crippen molar-refractivity contribution < 1.29 is 0 Å². The maximum atomic E-state index is 2.37. The van der Waals surface area contributed by atoms with E-state index in [1.54, 1.807) is 0 Å². The predicted molar refractivity (Wildman–Crippen MR) is 245 cm³/mol. The largest absolute Gasteiger partial charge is 0.0625 e. The van der Waals surface area contributed by atoms with E-state index in [9.17, 15) is 0 Å². The lowest BCUT2D eigenvalue weighted by atomic mass is 9.84. The third kappa shape index (κ3) is 18.9. The summed E-state index contributed by atoms with van der Waals surface area (Å²) in [6, 6.07) is 30.3. The van der Waals surface area contributed by atoms with Gasteiger partial charge in [-0.25, -0.2) is 0 Å². The van der Waals surface area contributed by atoms with E-state index < -0.39 is 0 Å². The van der Waals surface area contributed by atoms with E-state index in [0.29, 0.717) is 0 Å². The van der Waals surface area contributed by atoms with E-state index in [2.05, 4.69) is 210 Å². The second-order valence-electron chi connectivity index (χ2n) is 16.7. The minimum Gasteiger partial charge on any atom is -0.0625 e. The van der Waals surface area contributed by atoms with Crippen molar-refractivity contribution in [1.29, 1.82) is 0 Å². The molecule has 0 nitrogen and oxygen atoms in total. The number of rotatable bonds is 0. The molecule has 0 saturated heterocycles. The second kappa shape index (κ2) is 24.5. The molecule has 0 atom stereocenters. The van der Waals surface area contributed by atoms with Crippen molar-refractivity contribution in [3.05, 3.63) is 174 Å². The van der Waals surface area contributed by atoms with Gasteiger partial charge in [-0.3, -0.25) is 0 Å². The van der Waals surface area contributed by atoms with Gasteiger partial charge in [0.1, 0.15) is 0 Å².